The first-order valence-corrected chi connectivity index (χ1v) is 13.2. The minimum atomic E-state index is -3.73. The predicted octanol–water partition coefficient (Wildman–Crippen LogP) is 3.77. The molecule has 9 heteroatoms. The molecule has 0 aromatic heterocycles. The van der Waals surface area contributed by atoms with E-state index in [0.717, 1.165) is 30.6 Å². The van der Waals surface area contributed by atoms with Gasteiger partial charge in [-0.15, -0.1) is 11.8 Å². The maximum Gasteiger partial charge on any atom is 0.261 e. The highest BCUT2D eigenvalue weighted by molar-refractivity contribution is 7.98. The van der Waals surface area contributed by atoms with Gasteiger partial charge in [0.15, 0.2) is 0 Å². The number of hydrogen-bond acceptors (Lipinski definition) is 5. The lowest BCUT2D eigenvalue weighted by Gasteiger charge is -2.20. The zero-order chi connectivity index (χ0) is 20.2. The Morgan fingerprint density at radius 2 is 1.32 bits per heavy atom. The zero-order valence-electron chi connectivity index (χ0n) is 15.7. The van der Waals surface area contributed by atoms with Crippen molar-refractivity contribution >= 4 is 37.5 Å². The molecule has 1 aliphatic rings. The van der Waals surface area contributed by atoms with E-state index in [1.54, 1.807) is 24.3 Å². The third kappa shape index (κ3) is 4.89. The van der Waals surface area contributed by atoms with Crippen molar-refractivity contribution in [2.75, 3.05) is 24.1 Å². The Labute approximate surface area is 171 Å². The summed E-state index contributed by atoms with van der Waals surface area (Å²) in [6.07, 6.45) is 5.75. The standard InChI is InChI=1S/C19H24N2O4S3/c1-26-17-8-12-18(13-9-17)27(22,23)20-16-6-10-19(11-7-16)28(24,25)21-14-4-2-3-5-15-21/h6-13,20H,2-5,14-15H2,1H3. The van der Waals surface area contributed by atoms with E-state index in [0.29, 0.717) is 18.8 Å². The average Bonchev–Trinajstić information content (AvgIpc) is 2.98. The van der Waals surface area contributed by atoms with Crippen LogP contribution in [0.25, 0.3) is 0 Å². The summed E-state index contributed by atoms with van der Waals surface area (Å²) in [7, 11) is -7.28. The van der Waals surface area contributed by atoms with Gasteiger partial charge in [0.05, 0.1) is 9.79 Å². The molecule has 1 heterocycles. The summed E-state index contributed by atoms with van der Waals surface area (Å²) in [4.78, 5) is 1.32. The fraction of sp³-hybridized carbons (Fsp3) is 0.368. The van der Waals surface area contributed by atoms with Crippen LogP contribution in [0.3, 0.4) is 0 Å². The second-order valence-corrected chi connectivity index (χ2v) is 11.1. The van der Waals surface area contributed by atoms with Crippen LogP contribution in [0.2, 0.25) is 0 Å². The third-order valence-electron chi connectivity index (χ3n) is 4.68. The van der Waals surface area contributed by atoms with Gasteiger partial charge < -0.3 is 0 Å². The van der Waals surface area contributed by atoms with Crippen molar-refractivity contribution < 1.29 is 16.8 Å². The second kappa shape index (κ2) is 8.86. The van der Waals surface area contributed by atoms with Crippen LogP contribution in [0.1, 0.15) is 25.7 Å². The van der Waals surface area contributed by atoms with Gasteiger partial charge in [0.2, 0.25) is 10.0 Å². The van der Waals surface area contributed by atoms with E-state index in [1.165, 1.54) is 40.3 Å². The van der Waals surface area contributed by atoms with Crippen molar-refractivity contribution in [2.24, 2.45) is 0 Å². The van der Waals surface area contributed by atoms with Crippen LogP contribution in [0.15, 0.2) is 63.2 Å². The highest BCUT2D eigenvalue weighted by Gasteiger charge is 2.25. The first-order chi connectivity index (χ1) is 13.3. The normalized spacial score (nSPS) is 16.5. The number of sulfonamides is 2. The number of nitrogens with one attached hydrogen (secondary N) is 1. The van der Waals surface area contributed by atoms with Gasteiger partial charge in [-0.2, -0.15) is 4.31 Å². The van der Waals surface area contributed by atoms with E-state index in [4.69, 9.17) is 0 Å². The summed E-state index contributed by atoms with van der Waals surface area (Å²) < 4.78 is 54.7. The Balaban J connectivity index is 1.76. The number of benzene rings is 2. The highest BCUT2D eigenvalue weighted by atomic mass is 32.2. The summed E-state index contributed by atoms with van der Waals surface area (Å²) in [5.41, 5.74) is 0.323. The van der Waals surface area contributed by atoms with Gasteiger partial charge in [0.25, 0.3) is 10.0 Å². The molecule has 28 heavy (non-hydrogen) atoms. The van der Waals surface area contributed by atoms with E-state index in [1.807, 2.05) is 6.26 Å². The first-order valence-electron chi connectivity index (χ1n) is 9.10. The van der Waals surface area contributed by atoms with Crippen molar-refractivity contribution in [3.63, 3.8) is 0 Å². The number of thioether (sulfide) groups is 1. The van der Waals surface area contributed by atoms with Crippen LogP contribution < -0.4 is 4.72 Å². The van der Waals surface area contributed by atoms with Crippen LogP contribution >= 0.6 is 11.8 Å². The lowest BCUT2D eigenvalue weighted by Crippen LogP contribution is -2.31. The Hall–Kier alpha value is -1.55. The molecule has 152 valence electrons. The molecular formula is C19H24N2O4S3. The van der Waals surface area contributed by atoms with Crippen molar-refractivity contribution in [1.82, 2.24) is 4.31 Å². The van der Waals surface area contributed by atoms with Gasteiger partial charge >= 0.3 is 0 Å². The third-order valence-corrected chi connectivity index (χ3v) is 8.73. The van der Waals surface area contributed by atoms with Crippen LogP contribution in [-0.2, 0) is 20.0 Å². The predicted molar refractivity (Wildman–Crippen MR) is 113 cm³/mol. The summed E-state index contributed by atoms with van der Waals surface area (Å²) in [6, 6.07) is 12.5. The van der Waals surface area contributed by atoms with Crippen LogP contribution in [0, 0.1) is 0 Å². The molecule has 1 saturated heterocycles. The molecule has 0 aliphatic carbocycles. The Morgan fingerprint density at radius 3 is 1.86 bits per heavy atom. The van der Waals surface area contributed by atoms with Gasteiger partial charge in [0, 0.05) is 23.7 Å². The van der Waals surface area contributed by atoms with Gasteiger partial charge in [-0.3, -0.25) is 4.72 Å². The molecular weight excluding hydrogens is 416 g/mol. The SMILES string of the molecule is CSc1ccc(S(=O)(=O)Nc2ccc(S(=O)(=O)N3CCCCCC3)cc2)cc1. The molecule has 1 N–H and O–H groups in total. The summed E-state index contributed by atoms with van der Waals surface area (Å²) >= 11 is 1.53. The molecule has 1 aliphatic heterocycles. The first kappa shape index (κ1) is 21.2. The molecule has 2 aromatic carbocycles. The van der Waals surface area contributed by atoms with Gasteiger partial charge in [-0.05, 0) is 67.6 Å². The molecule has 1 fully saturated rings. The molecule has 0 spiro atoms. The summed E-state index contributed by atoms with van der Waals surface area (Å²) in [6.45, 7) is 1.06. The van der Waals surface area contributed by atoms with Crippen molar-refractivity contribution in [3.8, 4) is 0 Å². The number of anilines is 1. The van der Waals surface area contributed by atoms with Crippen molar-refractivity contribution in [3.05, 3.63) is 48.5 Å². The molecule has 2 aromatic rings. The molecule has 0 atom stereocenters. The number of nitrogens with zero attached hydrogens (tertiary/aromatic N) is 1. The van der Waals surface area contributed by atoms with Crippen LogP contribution in [0.5, 0.6) is 0 Å². The van der Waals surface area contributed by atoms with Gasteiger partial charge in [0.1, 0.15) is 0 Å². The van der Waals surface area contributed by atoms with Crippen LogP contribution in [0.4, 0.5) is 5.69 Å². The van der Waals surface area contributed by atoms with Crippen molar-refractivity contribution in [2.45, 2.75) is 40.4 Å². The fourth-order valence-corrected chi connectivity index (χ4v) is 6.08. The second-order valence-electron chi connectivity index (χ2n) is 6.62. The molecule has 0 radical (unpaired) electrons. The average molecular weight is 441 g/mol. The fourth-order valence-electron chi connectivity index (χ4n) is 3.10. The van der Waals surface area contributed by atoms with Gasteiger partial charge in [-0.1, -0.05) is 12.8 Å². The summed E-state index contributed by atoms with van der Waals surface area (Å²) in [5.74, 6) is 0. The van der Waals surface area contributed by atoms with Crippen LogP contribution in [-0.4, -0.2) is 40.5 Å². The lowest BCUT2D eigenvalue weighted by molar-refractivity contribution is 0.424. The maximum atomic E-state index is 12.8. The molecule has 3 rings (SSSR count). The number of rotatable bonds is 6. The Kier molecular flexibility index (Phi) is 6.69. The molecule has 0 bridgehead atoms. The van der Waals surface area contributed by atoms with Gasteiger partial charge in [-0.25, -0.2) is 16.8 Å². The summed E-state index contributed by atoms with van der Waals surface area (Å²) in [5, 5.41) is 0. The van der Waals surface area contributed by atoms with E-state index in [-0.39, 0.29) is 9.79 Å². The Bertz CT molecular complexity index is 994. The minimum absolute atomic E-state index is 0.159. The highest BCUT2D eigenvalue weighted by Crippen LogP contribution is 2.24. The Morgan fingerprint density at radius 1 is 0.786 bits per heavy atom. The molecule has 0 unspecified atom stereocenters. The quantitative estimate of drug-likeness (QED) is 0.691. The minimum Gasteiger partial charge on any atom is -0.280 e. The van der Waals surface area contributed by atoms with E-state index in [2.05, 4.69) is 4.72 Å². The topological polar surface area (TPSA) is 83.5 Å². The van der Waals surface area contributed by atoms with E-state index >= 15 is 0 Å². The molecule has 0 saturated carbocycles. The van der Waals surface area contributed by atoms with E-state index < -0.39 is 20.0 Å². The lowest BCUT2D eigenvalue weighted by atomic mass is 10.2. The maximum absolute atomic E-state index is 12.8. The monoisotopic (exact) mass is 440 g/mol. The molecule has 6 nitrogen and oxygen atoms in total. The zero-order valence-corrected chi connectivity index (χ0v) is 18.1. The van der Waals surface area contributed by atoms with Crippen molar-refractivity contribution in [1.29, 1.82) is 0 Å². The smallest absolute Gasteiger partial charge is 0.261 e. The number of hydrogen-bond donors (Lipinski definition) is 1. The largest absolute Gasteiger partial charge is 0.280 e. The van der Waals surface area contributed by atoms with E-state index in [9.17, 15) is 16.8 Å². The molecule has 0 amide bonds.